The van der Waals surface area contributed by atoms with Crippen LogP contribution in [0.25, 0.3) is 11.3 Å². The predicted octanol–water partition coefficient (Wildman–Crippen LogP) is 2.19. The zero-order valence-corrected chi connectivity index (χ0v) is 13.0. The van der Waals surface area contributed by atoms with Gasteiger partial charge in [-0.2, -0.15) is 0 Å². The number of H-pyrrole nitrogens is 2. The minimum absolute atomic E-state index is 0.133. The fourth-order valence-electron chi connectivity index (χ4n) is 2.46. The van der Waals surface area contributed by atoms with E-state index in [-0.39, 0.29) is 22.6 Å². The van der Waals surface area contributed by atoms with Gasteiger partial charge < -0.3 is 4.98 Å². The molecule has 0 bridgehead atoms. The number of rotatable bonds is 4. The fraction of sp³-hybridized carbons (Fsp3) is 0.333. The van der Waals surface area contributed by atoms with Crippen molar-refractivity contribution in [3.8, 4) is 11.3 Å². The number of nitrogens with zero attached hydrogens (tertiary/aromatic N) is 2. The van der Waals surface area contributed by atoms with E-state index < -0.39 is 17.4 Å². The highest BCUT2D eigenvalue weighted by molar-refractivity contribution is 6.30. The maximum atomic E-state index is 12.9. The molecule has 1 aliphatic carbocycles. The quantitative estimate of drug-likeness (QED) is 0.837. The Labute approximate surface area is 135 Å². The van der Waals surface area contributed by atoms with Crippen LogP contribution in [-0.2, 0) is 0 Å². The molecule has 2 aromatic heterocycles. The zero-order valence-electron chi connectivity index (χ0n) is 12.2. The Morgan fingerprint density at radius 2 is 2.22 bits per heavy atom. The van der Waals surface area contributed by atoms with Crippen molar-refractivity contribution in [1.82, 2.24) is 20.2 Å². The molecule has 2 aromatic rings. The molecule has 0 spiro atoms. The highest BCUT2D eigenvalue weighted by Gasteiger charge is 2.38. The summed E-state index contributed by atoms with van der Waals surface area (Å²) in [6, 6.07) is 1.69. The molecule has 0 aliphatic heterocycles. The van der Waals surface area contributed by atoms with E-state index in [0.29, 0.717) is 5.69 Å². The molecule has 0 radical (unpaired) electrons. The lowest BCUT2D eigenvalue weighted by atomic mass is 10.1. The number of aromatic nitrogens is 4. The summed E-state index contributed by atoms with van der Waals surface area (Å²) in [6.45, 7) is 1.47. The van der Waals surface area contributed by atoms with E-state index in [4.69, 9.17) is 11.6 Å². The summed E-state index contributed by atoms with van der Waals surface area (Å²) in [5.74, 6) is 0.338. The molecule has 8 heteroatoms. The first-order valence-electron chi connectivity index (χ1n) is 7.13. The van der Waals surface area contributed by atoms with Gasteiger partial charge in [0, 0.05) is 6.20 Å². The van der Waals surface area contributed by atoms with Gasteiger partial charge in [-0.25, -0.2) is 9.18 Å². The van der Waals surface area contributed by atoms with Gasteiger partial charge in [0.25, 0.3) is 5.56 Å². The zero-order chi connectivity index (χ0) is 16.6. The molecule has 1 unspecified atom stereocenters. The molecule has 0 saturated heterocycles. The number of nitrogens with one attached hydrogen (secondary N) is 2. The van der Waals surface area contributed by atoms with Crippen LogP contribution >= 0.6 is 11.6 Å². The van der Waals surface area contributed by atoms with Crippen LogP contribution in [0, 0.1) is 5.92 Å². The summed E-state index contributed by atoms with van der Waals surface area (Å²) in [5.41, 5.74) is 0.169. The molecule has 2 N–H and O–H groups in total. The third-order valence-corrected chi connectivity index (χ3v) is 4.03. The van der Waals surface area contributed by atoms with E-state index in [1.807, 2.05) is 6.08 Å². The van der Waals surface area contributed by atoms with E-state index in [1.54, 1.807) is 6.07 Å². The van der Waals surface area contributed by atoms with Gasteiger partial charge in [0.15, 0.2) is 5.15 Å². The Morgan fingerprint density at radius 1 is 1.43 bits per heavy atom. The Morgan fingerprint density at radius 3 is 2.91 bits per heavy atom. The fourth-order valence-corrected chi connectivity index (χ4v) is 2.70. The Balaban J connectivity index is 1.92. The first kappa shape index (κ1) is 15.6. The summed E-state index contributed by atoms with van der Waals surface area (Å²) in [5, 5.41) is 8.06. The average molecular weight is 337 g/mol. The maximum absolute atomic E-state index is 12.9. The van der Waals surface area contributed by atoms with Crippen molar-refractivity contribution >= 4 is 11.6 Å². The van der Waals surface area contributed by atoms with Gasteiger partial charge in [0.05, 0.1) is 5.56 Å². The number of hydrogen-bond acceptors (Lipinski definition) is 4. The van der Waals surface area contributed by atoms with Gasteiger partial charge in [-0.1, -0.05) is 23.8 Å². The highest BCUT2D eigenvalue weighted by atomic mass is 35.5. The van der Waals surface area contributed by atoms with E-state index in [9.17, 15) is 14.0 Å². The molecular weight excluding hydrogens is 323 g/mol. The van der Waals surface area contributed by atoms with Crippen LogP contribution in [0.3, 0.4) is 0 Å². The highest BCUT2D eigenvalue weighted by Crippen LogP contribution is 2.50. The molecule has 0 aromatic carbocycles. The molecule has 3 atom stereocenters. The lowest BCUT2D eigenvalue weighted by molar-refractivity contribution is 0.429. The Kier molecular flexibility index (Phi) is 4.12. The van der Waals surface area contributed by atoms with Crippen LogP contribution in [0.2, 0.25) is 5.15 Å². The second-order valence-electron chi connectivity index (χ2n) is 5.53. The van der Waals surface area contributed by atoms with Crippen LogP contribution < -0.4 is 11.2 Å². The first-order valence-corrected chi connectivity index (χ1v) is 7.51. The van der Waals surface area contributed by atoms with E-state index in [1.165, 1.54) is 19.2 Å². The van der Waals surface area contributed by atoms with E-state index >= 15 is 0 Å². The van der Waals surface area contributed by atoms with Crippen LogP contribution in [0.15, 0.2) is 34.0 Å². The smallest absolute Gasteiger partial charge is 0.313 e. The summed E-state index contributed by atoms with van der Waals surface area (Å²) < 4.78 is 12.9. The van der Waals surface area contributed by atoms with Crippen LogP contribution in [-0.4, -0.2) is 26.3 Å². The second kappa shape index (κ2) is 6.08. The van der Waals surface area contributed by atoms with Gasteiger partial charge in [-0.05, 0) is 36.8 Å². The minimum atomic E-state index is -0.988. The first-order chi connectivity index (χ1) is 11.0. The van der Waals surface area contributed by atoms with E-state index in [2.05, 4.69) is 20.2 Å². The normalized spacial score (nSPS) is 21.5. The van der Waals surface area contributed by atoms with Crippen molar-refractivity contribution in [2.45, 2.75) is 25.4 Å². The summed E-state index contributed by atoms with van der Waals surface area (Å²) in [4.78, 5) is 27.4. The van der Waals surface area contributed by atoms with Crippen molar-refractivity contribution in [2.75, 3.05) is 0 Å². The van der Waals surface area contributed by atoms with Gasteiger partial charge in [0.1, 0.15) is 11.9 Å². The van der Waals surface area contributed by atoms with Crippen molar-refractivity contribution in [2.24, 2.45) is 5.92 Å². The summed E-state index contributed by atoms with van der Waals surface area (Å²) in [7, 11) is 0. The molecule has 0 amide bonds. The number of halogens is 2. The van der Waals surface area contributed by atoms with Crippen LogP contribution in [0.5, 0.6) is 0 Å². The summed E-state index contributed by atoms with van der Waals surface area (Å²) >= 11 is 6.10. The standard InChI is InChI=1S/C15H14ClFN4O2/c1-7(17)2-3-8-4-9(8)10-5-12(20-21-13(10)16)11-6-18-15(23)19-14(11)22/h2-3,5-9H,4H2,1H3,(H2,18,19,22,23)/b3-2+/t7?,8-,9-/m0/s1. The molecular formula is C15H14ClFN4O2. The van der Waals surface area contributed by atoms with Crippen LogP contribution in [0.4, 0.5) is 4.39 Å². The minimum Gasteiger partial charge on any atom is -0.313 e. The van der Waals surface area contributed by atoms with Gasteiger partial charge >= 0.3 is 5.69 Å². The molecule has 1 aliphatic rings. The molecule has 2 heterocycles. The molecule has 1 saturated carbocycles. The third kappa shape index (κ3) is 3.39. The lowest BCUT2D eigenvalue weighted by Crippen LogP contribution is -2.23. The van der Waals surface area contributed by atoms with Crippen LogP contribution in [0.1, 0.15) is 24.8 Å². The Hall–Kier alpha value is -2.28. The average Bonchev–Trinajstić information content (AvgIpc) is 3.25. The third-order valence-electron chi connectivity index (χ3n) is 3.73. The van der Waals surface area contributed by atoms with Crippen molar-refractivity contribution in [3.05, 3.63) is 56.0 Å². The number of hydrogen-bond donors (Lipinski definition) is 2. The van der Waals surface area contributed by atoms with Crippen molar-refractivity contribution < 1.29 is 4.39 Å². The SMILES string of the molecule is CC(F)/C=C/[C@H]1C[C@@H]1c1cc(-c2c[nH]c(=O)[nH]c2=O)nnc1Cl. The predicted molar refractivity (Wildman–Crippen MR) is 84.3 cm³/mol. The lowest BCUT2D eigenvalue weighted by Gasteiger charge is -2.04. The van der Waals surface area contributed by atoms with Gasteiger partial charge in [-0.15, -0.1) is 10.2 Å². The topological polar surface area (TPSA) is 91.5 Å². The largest absolute Gasteiger partial charge is 0.325 e. The number of allylic oxidation sites excluding steroid dienone is 2. The number of aromatic amines is 2. The van der Waals surface area contributed by atoms with Gasteiger partial charge in [0.2, 0.25) is 0 Å². The van der Waals surface area contributed by atoms with E-state index in [0.717, 1.165) is 12.0 Å². The molecule has 6 nitrogen and oxygen atoms in total. The number of alkyl halides is 1. The van der Waals surface area contributed by atoms with Crippen molar-refractivity contribution in [3.63, 3.8) is 0 Å². The second-order valence-corrected chi connectivity index (χ2v) is 5.89. The monoisotopic (exact) mass is 336 g/mol. The van der Waals surface area contributed by atoms with Gasteiger partial charge in [-0.3, -0.25) is 9.78 Å². The Bertz CT molecular complexity index is 874. The van der Waals surface area contributed by atoms with Crippen molar-refractivity contribution in [1.29, 1.82) is 0 Å². The summed E-state index contributed by atoms with van der Waals surface area (Å²) in [6.07, 6.45) is 4.49. The molecule has 1 fully saturated rings. The molecule has 120 valence electrons. The molecule has 3 rings (SSSR count). The molecule has 23 heavy (non-hydrogen) atoms. The maximum Gasteiger partial charge on any atom is 0.325 e.